The van der Waals surface area contributed by atoms with Crippen LogP contribution in [0.25, 0.3) is 0 Å². The summed E-state index contributed by atoms with van der Waals surface area (Å²) in [7, 11) is -1.81. The number of nitrogens with one attached hydrogen (secondary N) is 1. The summed E-state index contributed by atoms with van der Waals surface area (Å²) in [6.07, 6.45) is 2.65. The lowest BCUT2D eigenvalue weighted by molar-refractivity contribution is 0.499. The van der Waals surface area contributed by atoms with Crippen LogP contribution in [0.4, 0.5) is 0 Å². The van der Waals surface area contributed by atoms with Crippen molar-refractivity contribution >= 4 is 21.4 Å². The number of sulfonamides is 1. The Balaban J connectivity index is 2.75. The van der Waals surface area contributed by atoms with Gasteiger partial charge in [-0.2, -0.15) is 4.31 Å². The van der Waals surface area contributed by atoms with E-state index >= 15 is 0 Å². The van der Waals surface area contributed by atoms with Crippen molar-refractivity contribution in [3.05, 3.63) is 29.0 Å². The summed E-state index contributed by atoms with van der Waals surface area (Å²) in [5.74, 6) is 0. The number of nitrogens with zero attached hydrogens (tertiary/aromatic N) is 1. The molecule has 1 rings (SSSR count). The molecule has 0 atom stereocenters. The van der Waals surface area contributed by atoms with Crippen molar-refractivity contribution in [1.29, 1.82) is 0 Å². The van der Waals surface area contributed by atoms with Crippen molar-refractivity contribution in [2.24, 2.45) is 0 Å². The molecule has 0 fully saturated rings. The van der Waals surface area contributed by atoms with Gasteiger partial charge < -0.3 is 5.32 Å². The van der Waals surface area contributed by atoms with Crippen LogP contribution < -0.4 is 5.32 Å². The summed E-state index contributed by atoms with van der Waals surface area (Å²) in [4.78, 5) is 1.40. The van der Waals surface area contributed by atoms with E-state index in [1.54, 1.807) is 24.6 Å². The summed E-state index contributed by atoms with van der Waals surface area (Å²) in [6.45, 7) is 7.63. The molecule has 18 heavy (non-hydrogen) atoms. The molecular formula is C12H20N2O2S2. The monoisotopic (exact) mass is 288 g/mol. The third kappa shape index (κ3) is 3.91. The van der Waals surface area contributed by atoms with Crippen molar-refractivity contribution in [2.45, 2.75) is 24.8 Å². The quantitative estimate of drug-likeness (QED) is 0.588. The standard InChI is InChI=1S/C12H20N2O2S2/c1-4-6-13-9-11-8-12(10-17-11)18(15,16)14(3)7-5-2/h5,8,10,13H,2,4,6-7,9H2,1,3H3. The average molecular weight is 288 g/mol. The van der Waals surface area contributed by atoms with Gasteiger partial charge in [-0.3, -0.25) is 0 Å². The molecule has 0 saturated carbocycles. The van der Waals surface area contributed by atoms with Gasteiger partial charge in [-0.1, -0.05) is 13.0 Å². The molecule has 0 saturated heterocycles. The largest absolute Gasteiger partial charge is 0.312 e. The van der Waals surface area contributed by atoms with E-state index in [1.807, 2.05) is 0 Å². The zero-order chi connectivity index (χ0) is 13.6. The second kappa shape index (κ2) is 7.04. The SMILES string of the molecule is C=CCN(C)S(=O)(=O)c1csc(CNCCC)c1. The molecule has 0 radical (unpaired) electrons. The molecule has 102 valence electrons. The number of hydrogen-bond donors (Lipinski definition) is 1. The predicted octanol–water partition coefficient (Wildman–Crippen LogP) is 2.05. The summed E-state index contributed by atoms with van der Waals surface area (Å²) in [5.41, 5.74) is 0. The van der Waals surface area contributed by atoms with Gasteiger partial charge in [-0.05, 0) is 19.0 Å². The van der Waals surface area contributed by atoms with Gasteiger partial charge in [0.25, 0.3) is 0 Å². The lowest BCUT2D eigenvalue weighted by Crippen LogP contribution is -2.26. The van der Waals surface area contributed by atoms with Gasteiger partial charge in [0.05, 0.1) is 4.90 Å². The number of rotatable bonds is 8. The van der Waals surface area contributed by atoms with Gasteiger partial charge >= 0.3 is 0 Å². The number of thiophene rings is 1. The first-order valence-electron chi connectivity index (χ1n) is 5.87. The van der Waals surface area contributed by atoms with Crippen LogP contribution in [0, 0.1) is 0 Å². The average Bonchev–Trinajstić information content (AvgIpc) is 2.79. The summed E-state index contributed by atoms with van der Waals surface area (Å²) >= 11 is 1.47. The van der Waals surface area contributed by atoms with Crippen LogP contribution in [0.5, 0.6) is 0 Å². The highest BCUT2D eigenvalue weighted by Crippen LogP contribution is 2.21. The topological polar surface area (TPSA) is 49.4 Å². The van der Waals surface area contributed by atoms with E-state index in [-0.39, 0.29) is 0 Å². The third-order valence-electron chi connectivity index (χ3n) is 2.45. The van der Waals surface area contributed by atoms with Crippen molar-refractivity contribution < 1.29 is 8.42 Å². The fourth-order valence-electron chi connectivity index (χ4n) is 1.44. The molecule has 1 aromatic heterocycles. The molecular weight excluding hydrogens is 268 g/mol. The molecule has 0 amide bonds. The highest BCUT2D eigenvalue weighted by molar-refractivity contribution is 7.89. The molecule has 0 aliphatic rings. The smallest absolute Gasteiger partial charge is 0.243 e. The van der Waals surface area contributed by atoms with Gasteiger partial charge in [-0.25, -0.2) is 8.42 Å². The third-order valence-corrected chi connectivity index (χ3v) is 5.34. The normalized spacial score (nSPS) is 11.9. The highest BCUT2D eigenvalue weighted by Gasteiger charge is 2.20. The van der Waals surface area contributed by atoms with Crippen LogP contribution >= 0.6 is 11.3 Å². The van der Waals surface area contributed by atoms with E-state index in [0.717, 1.165) is 24.4 Å². The van der Waals surface area contributed by atoms with Gasteiger partial charge in [-0.15, -0.1) is 17.9 Å². The first-order valence-corrected chi connectivity index (χ1v) is 8.19. The molecule has 0 aliphatic carbocycles. The van der Waals surface area contributed by atoms with Crippen molar-refractivity contribution in [3.8, 4) is 0 Å². The second-order valence-corrected chi connectivity index (χ2v) is 7.04. The van der Waals surface area contributed by atoms with Crippen molar-refractivity contribution in [2.75, 3.05) is 20.1 Å². The Morgan fingerprint density at radius 3 is 2.89 bits per heavy atom. The summed E-state index contributed by atoms with van der Waals surface area (Å²) in [5, 5.41) is 4.95. The maximum atomic E-state index is 12.1. The van der Waals surface area contributed by atoms with Gasteiger partial charge in [0.15, 0.2) is 0 Å². The minimum atomic E-state index is -3.37. The minimum Gasteiger partial charge on any atom is -0.312 e. The Labute approximate surface area is 113 Å². The van der Waals surface area contributed by atoms with Crippen LogP contribution in [0.1, 0.15) is 18.2 Å². The Hall–Kier alpha value is -0.690. The maximum absolute atomic E-state index is 12.1. The first kappa shape index (κ1) is 15.4. The predicted molar refractivity (Wildman–Crippen MR) is 76.3 cm³/mol. The zero-order valence-electron chi connectivity index (χ0n) is 10.8. The Morgan fingerprint density at radius 1 is 1.56 bits per heavy atom. The molecule has 0 bridgehead atoms. The summed E-state index contributed by atoms with van der Waals surface area (Å²) < 4.78 is 25.6. The molecule has 0 aliphatic heterocycles. The lowest BCUT2D eigenvalue weighted by Gasteiger charge is -2.13. The van der Waals surface area contributed by atoms with Gasteiger partial charge in [0, 0.05) is 30.4 Å². The molecule has 1 N–H and O–H groups in total. The van der Waals surface area contributed by atoms with E-state index in [2.05, 4.69) is 18.8 Å². The first-order chi connectivity index (χ1) is 8.52. The zero-order valence-corrected chi connectivity index (χ0v) is 12.5. The van der Waals surface area contributed by atoms with Crippen LogP contribution in [-0.2, 0) is 16.6 Å². The van der Waals surface area contributed by atoms with Gasteiger partial charge in [0.1, 0.15) is 0 Å². The van der Waals surface area contributed by atoms with E-state index < -0.39 is 10.0 Å². The van der Waals surface area contributed by atoms with Gasteiger partial charge in [0.2, 0.25) is 10.0 Å². The maximum Gasteiger partial charge on any atom is 0.243 e. The Kier molecular flexibility index (Phi) is 6.01. The highest BCUT2D eigenvalue weighted by atomic mass is 32.2. The number of likely N-dealkylation sites (N-methyl/N-ethyl adjacent to an activating group) is 1. The van der Waals surface area contributed by atoms with Crippen LogP contribution in [0.3, 0.4) is 0 Å². The molecule has 6 heteroatoms. The molecule has 1 heterocycles. The molecule has 0 aromatic carbocycles. The second-order valence-electron chi connectivity index (χ2n) is 4.00. The van der Waals surface area contributed by atoms with Crippen molar-refractivity contribution in [1.82, 2.24) is 9.62 Å². The Morgan fingerprint density at radius 2 is 2.28 bits per heavy atom. The van der Waals surface area contributed by atoms with Crippen LogP contribution in [-0.4, -0.2) is 32.9 Å². The fourth-order valence-corrected chi connectivity index (χ4v) is 3.81. The Bertz CT molecular complexity index is 480. The number of hydrogen-bond acceptors (Lipinski definition) is 4. The molecule has 4 nitrogen and oxygen atoms in total. The summed E-state index contributed by atoms with van der Waals surface area (Å²) in [6, 6.07) is 1.74. The molecule has 1 aromatic rings. The van der Waals surface area contributed by atoms with Crippen LogP contribution in [0.15, 0.2) is 29.0 Å². The van der Waals surface area contributed by atoms with E-state index in [1.165, 1.54) is 15.6 Å². The minimum absolute atomic E-state index is 0.321. The fraction of sp³-hybridized carbons (Fsp3) is 0.500. The van der Waals surface area contributed by atoms with Crippen LogP contribution in [0.2, 0.25) is 0 Å². The lowest BCUT2D eigenvalue weighted by atomic mass is 10.4. The van der Waals surface area contributed by atoms with Crippen molar-refractivity contribution in [3.63, 3.8) is 0 Å². The van der Waals surface area contributed by atoms with E-state index in [4.69, 9.17) is 0 Å². The molecule has 0 unspecified atom stereocenters. The van der Waals surface area contributed by atoms with E-state index in [0.29, 0.717) is 11.4 Å². The van der Waals surface area contributed by atoms with E-state index in [9.17, 15) is 8.42 Å². The molecule has 0 spiro atoms.